The lowest BCUT2D eigenvalue weighted by Crippen LogP contribution is -2.29. The van der Waals surface area contributed by atoms with E-state index in [0.29, 0.717) is 16.2 Å². The number of benzene rings is 2. The van der Waals surface area contributed by atoms with Gasteiger partial charge in [0, 0.05) is 5.56 Å². The first-order valence-corrected chi connectivity index (χ1v) is 7.60. The van der Waals surface area contributed by atoms with Gasteiger partial charge in [0.2, 0.25) is 0 Å². The summed E-state index contributed by atoms with van der Waals surface area (Å²) >= 11 is 1.35. The van der Waals surface area contributed by atoms with Crippen LogP contribution in [0.5, 0.6) is 5.75 Å². The van der Waals surface area contributed by atoms with Crippen molar-refractivity contribution in [3.8, 4) is 5.75 Å². The lowest BCUT2D eigenvalue weighted by atomic mass is 9.80. The number of ether oxygens (including phenoxy) is 1. The molecule has 0 aliphatic rings. The highest BCUT2D eigenvalue weighted by atomic mass is 32.1. The fraction of sp³-hybridized carbons (Fsp3) is 0.0667. The third kappa shape index (κ3) is 3.34. The lowest BCUT2D eigenvalue weighted by Gasteiger charge is -2.03. The van der Waals surface area contributed by atoms with Crippen molar-refractivity contribution in [3.05, 3.63) is 48.0 Å². The molecular weight excluding hydrogens is 315 g/mol. The van der Waals surface area contributed by atoms with Crippen LogP contribution in [0, 0.1) is 0 Å². The summed E-state index contributed by atoms with van der Waals surface area (Å²) in [4.78, 5) is 16.6. The van der Waals surface area contributed by atoms with Crippen LogP contribution in [-0.4, -0.2) is 35.2 Å². The summed E-state index contributed by atoms with van der Waals surface area (Å²) in [5.41, 5.74) is 1.52. The summed E-state index contributed by atoms with van der Waals surface area (Å²) in [6, 6.07) is 11.5. The van der Waals surface area contributed by atoms with Gasteiger partial charge in [-0.05, 0) is 35.8 Å². The first kappa shape index (κ1) is 15.5. The van der Waals surface area contributed by atoms with E-state index in [-0.39, 0.29) is 5.91 Å². The molecule has 0 atom stereocenters. The van der Waals surface area contributed by atoms with Gasteiger partial charge in [-0.2, -0.15) is 0 Å². The zero-order valence-electron chi connectivity index (χ0n) is 12.2. The van der Waals surface area contributed by atoms with E-state index >= 15 is 0 Å². The van der Waals surface area contributed by atoms with E-state index in [0.717, 1.165) is 16.0 Å². The van der Waals surface area contributed by atoms with Gasteiger partial charge in [-0.1, -0.05) is 23.5 Å². The highest BCUT2D eigenvalue weighted by Crippen LogP contribution is 2.29. The zero-order chi connectivity index (χ0) is 16.4. The number of rotatable bonds is 4. The van der Waals surface area contributed by atoms with E-state index in [1.165, 1.54) is 35.6 Å². The van der Waals surface area contributed by atoms with Gasteiger partial charge in [-0.15, -0.1) is 0 Å². The van der Waals surface area contributed by atoms with Crippen molar-refractivity contribution in [1.82, 2.24) is 4.98 Å². The maximum Gasteiger partial charge on any atom is 0.488 e. The van der Waals surface area contributed by atoms with Crippen LogP contribution in [-0.2, 0) is 0 Å². The Morgan fingerprint density at radius 1 is 1.22 bits per heavy atom. The van der Waals surface area contributed by atoms with Gasteiger partial charge in [0.15, 0.2) is 5.13 Å². The van der Waals surface area contributed by atoms with Gasteiger partial charge < -0.3 is 14.8 Å². The average molecular weight is 328 g/mol. The number of nitrogens with zero attached hydrogens (tertiary/aromatic N) is 1. The predicted octanol–water partition coefficient (Wildman–Crippen LogP) is 1.24. The number of aromatic nitrogens is 1. The van der Waals surface area contributed by atoms with Crippen molar-refractivity contribution in [2.24, 2.45) is 0 Å². The van der Waals surface area contributed by atoms with Crippen LogP contribution in [0.15, 0.2) is 42.5 Å². The summed E-state index contributed by atoms with van der Waals surface area (Å²) in [7, 11) is 0.0454. The van der Waals surface area contributed by atoms with E-state index in [4.69, 9.17) is 14.8 Å². The van der Waals surface area contributed by atoms with Gasteiger partial charge in [0.1, 0.15) is 5.75 Å². The number of amides is 1. The number of nitrogens with one attached hydrogen (secondary N) is 1. The van der Waals surface area contributed by atoms with Crippen molar-refractivity contribution < 1.29 is 19.6 Å². The molecular formula is C15H13BN2O4S. The Balaban J connectivity index is 1.79. The van der Waals surface area contributed by atoms with E-state index in [2.05, 4.69) is 10.3 Å². The first-order valence-electron chi connectivity index (χ1n) is 6.79. The molecule has 3 N–H and O–H groups in total. The number of fused-ring (bicyclic) bond motifs is 1. The molecule has 3 aromatic rings. The standard InChI is InChI=1S/C15H13BN2O4S/c1-22-11-6-7-12-13(8-11)23-15(17-12)18-14(19)9-2-4-10(5-3-9)16(20)21/h2-8,20-21H,1H3,(H,17,18,19). The number of thiazole rings is 1. The monoisotopic (exact) mass is 328 g/mol. The summed E-state index contributed by atoms with van der Waals surface area (Å²) in [5.74, 6) is 0.423. The molecule has 0 saturated carbocycles. The minimum atomic E-state index is -1.55. The van der Waals surface area contributed by atoms with Crippen LogP contribution in [0.25, 0.3) is 10.2 Å². The zero-order valence-corrected chi connectivity index (χ0v) is 13.0. The summed E-state index contributed by atoms with van der Waals surface area (Å²) in [5, 5.41) is 21.3. The second-order valence-corrected chi connectivity index (χ2v) is 5.83. The number of carbonyl (C=O) groups is 1. The third-order valence-corrected chi connectivity index (χ3v) is 4.22. The van der Waals surface area contributed by atoms with Gasteiger partial charge in [-0.25, -0.2) is 4.98 Å². The summed E-state index contributed by atoms with van der Waals surface area (Å²) in [6.45, 7) is 0. The maximum absolute atomic E-state index is 12.2. The number of carbonyl (C=O) groups excluding carboxylic acids is 1. The number of hydrogen-bond acceptors (Lipinski definition) is 6. The molecule has 3 rings (SSSR count). The Kier molecular flexibility index (Phi) is 4.29. The molecule has 6 nitrogen and oxygen atoms in total. The highest BCUT2D eigenvalue weighted by molar-refractivity contribution is 7.22. The number of hydrogen-bond donors (Lipinski definition) is 3. The quantitative estimate of drug-likeness (QED) is 0.627. The van der Waals surface area contributed by atoms with Crippen molar-refractivity contribution >= 4 is 45.2 Å². The first-order chi connectivity index (χ1) is 11.1. The molecule has 2 aromatic carbocycles. The minimum Gasteiger partial charge on any atom is -0.497 e. The van der Waals surface area contributed by atoms with Gasteiger partial charge in [0.05, 0.1) is 17.3 Å². The van der Waals surface area contributed by atoms with E-state index in [1.54, 1.807) is 7.11 Å². The molecule has 1 aromatic heterocycles. The fourth-order valence-corrected chi connectivity index (χ4v) is 2.95. The molecule has 0 aliphatic carbocycles. The van der Waals surface area contributed by atoms with E-state index < -0.39 is 7.12 Å². The largest absolute Gasteiger partial charge is 0.497 e. The van der Waals surface area contributed by atoms with Crippen LogP contribution >= 0.6 is 11.3 Å². The van der Waals surface area contributed by atoms with Gasteiger partial charge in [-0.3, -0.25) is 10.1 Å². The summed E-state index contributed by atoms with van der Waals surface area (Å²) < 4.78 is 6.08. The van der Waals surface area contributed by atoms with Crippen molar-refractivity contribution in [2.45, 2.75) is 0 Å². The Morgan fingerprint density at radius 3 is 2.61 bits per heavy atom. The average Bonchev–Trinajstić information content (AvgIpc) is 2.95. The maximum atomic E-state index is 12.2. The van der Waals surface area contributed by atoms with Crippen LogP contribution in [0.1, 0.15) is 10.4 Å². The Labute approximate surface area is 136 Å². The number of anilines is 1. The smallest absolute Gasteiger partial charge is 0.488 e. The molecule has 23 heavy (non-hydrogen) atoms. The van der Waals surface area contributed by atoms with Crippen molar-refractivity contribution in [1.29, 1.82) is 0 Å². The Morgan fingerprint density at radius 2 is 1.96 bits per heavy atom. The van der Waals surface area contributed by atoms with Crippen molar-refractivity contribution in [3.63, 3.8) is 0 Å². The second kappa shape index (κ2) is 6.37. The normalized spacial score (nSPS) is 10.6. The fourth-order valence-electron chi connectivity index (χ4n) is 2.06. The molecule has 0 aliphatic heterocycles. The van der Waals surface area contributed by atoms with E-state index in [1.807, 2.05) is 18.2 Å². The van der Waals surface area contributed by atoms with Gasteiger partial charge in [0.25, 0.3) is 5.91 Å². The predicted molar refractivity (Wildman–Crippen MR) is 90.4 cm³/mol. The van der Waals surface area contributed by atoms with E-state index in [9.17, 15) is 4.79 Å². The number of methoxy groups -OCH3 is 1. The topological polar surface area (TPSA) is 91.7 Å². The molecule has 0 radical (unpaired) electrons. The molecule has 0 unspecified atom stereocenters. The molecule has 1 amide bonds. The molecule has 0 saturated heterocycles. The molecule has 116 valence electrons. The molecule has 0 bridgehead atoms. The minimum absolute atomic E-state index is 0.310. The molecule has 0 spiro atoms. The molecule has 8 heteroatoms. The second-order valence-electron chi connectivity index (χ2n) is 4.80. The van der Waals surface area contributed by atoms with Crippen LogP contribution < -0.4 is 15.5 Å². The Hall–Kier alpha value is -2.42. The van der Waals surface area contributed by atoms with Crippen LogP contribution in [0.3, 0.4) is 0 Å². The SMILES string of the molecule is COc1ccc2nc(NC(=O)c3ccc(B(O)O)cc3)sc2c1. The van der Waals surface area contributed by atoms with Crippen LogP contribution in [0.4, 0.5) is 5.13 Å². The third-order valence-electron chi connectivity index (χ3n) is 3.29. The molecule has 1 heterocycles. The molecule has 0 fully saturated rings. The summed E-state index contributed by atoms with van der Waals surface area (Å²) in [6.07, 6.45) is 0. The van der Waals surface area contributed by atoms with Crippen LogP contribution in [0.2, 0.25) is 0 Å². The van der Waals surface area contributed by atoms with Gasteiger partial charge >= 0.3 is 7.12 Å². The van der Waals surface area contributed by atoms with Crippen molar-refractivity contribution in [2.75, 3.05) is 12.4 Å². The highest BCUT2D eigenvalue weighted by Gasteiger charge is 2.13. The lowest BCUT2D eigenvalue weighted by molar-refractivity contribution is 0.102. The Bertz CT molecular complexity index is 848.